The number of esters is 1. The molecule has 0 saturated heterocycles. The first-order valence-corrected chi connectivity index (χ1v) is 10.1. The van der Waals surface area contributed by atoms with E-state index in [1.165, 1.54) is 0 Å². The van der Waals surface area contributed by atoms with Gasteiger partial charge in [0.25, 0.3) is 5.56 Å². The molecule has 30 heavy (non-hydrogen) atoms. The molecule has 5 N–H and O–H groups in total. The van der Waals surface area contributed by atoms with E-state index in [2.05, 4.69) is 9.97 Å². The van der Waals surface area contributed by atoms with Crippen molar-refractivity contribution in [2.24, 2.45) is 0 Å². The standard InChI is InChI=1S/C21H30N4O5/c1-4-28-19(27)14-10-7-13(8-11-14)9-12-15(20(29-5-2)30-6-3)16-17(22)24-21(23)25-18(16)26/h7-8,10-11,15,20H,4-6,9,12H2,1-3H3,(H5,22,23,24,25,26). The number of carbonyl (C=O) groups excluding carboxylic acids is 1. The lowest BCUT2D eigenvalue weighted by Gasteiger charge is -2.27. The minimum atomic E-state index is -0.660. The Balaban J connectivity index is 2.28. The lowest BCUT2D eigenvalue weighted by atomic mass is 9.92. The zero-order valence-electron chi connectivity index (χ0n) is 17.6. The molecule has 0 aliphatic rings. The number of anilines is 2. The van der Waals surface area contributed by atoms with E-state index in [9.17, 15) is 9.59 Å². The maximum absolute atomic E-state index is 12.6. The molecule has 9 nitrogen and oxygen atoms in total. The third kappa shape index (κ3) is 6.04. The Hall–Kier alpha value is -2.91. The summed E-state index contributed by atoms with van der Waals surface area (Å²) in [6.45, 7) is 6.62. The van der Waals surface area contributed by atoms with Crippen LogP contribution in [0.15, 0.2) is 29.1 Å². The summed E-state index contributed by atoms with van der Waals surface area (Å²) in [5, 5.41) is 0. The van der Waals surface area contributed by atoms with E-state index in [4.69, 9.17) is 25.7 Å². The molecule has 164 valence electrons. The van der Waals surface area contributed by atoms with Gasteiger partial charge in [-0.1, -0.05) is 12.1 Å². The number of hydrogen-bond donors (Lipinski definition) is 3. The molecule has 1 unspecified atom stereocenters. The van der Waals surface area contributed by atoms with Gasteiger partial charge in [-0.15, -0.1) is 0 Å². The van der Waals surface area contributed by atoms with Crippen molar-refractivity contribution in [1.29, 1.82) is 0 Å². The zero-order chi connectivity index (χ0) is 22.1. The number of aryl methyl sites for hydroxylation is 1. The second kappa shape index (κ2) is 11.3. The maximum Gasteiger partial charge on any atom is 0.338 e. The second-order valence-corrected chi connectivity index (χ2v) is 6.59. The number of nitrogens with two attached hydrogens (primary N) is 2. The topological polar surface area (TPSA) is 143 Å². The third-order valence-corrected chi connectivity index (χ3v) is 4.57. The van der Waals surface area contributed by atoms with Gasteiger partial charge < -0.3 is 25.7 Å². The highest BCUT2D eigenvalue weighted by atomic mass is 16.7. The number of nitrogens with one attached hydrogen (secondary N) is 1. The number of H-pyrrole nitrogens is 1. The second-order valence-electron chi connectivity index (χ2n) is 6.59. The van der Waals surface area contributed by atoms with Gasteiger partial charge in [-0.05, 0) is 51.3 Å². The van der Waals surface area contributed by atoms with Crippen LogP contribution in [0.4, 0.5) is 11.8 Å². The first-order valence-electron chi connectivity index (χ1n) is 10.1. The van der Waals surface area contributed by atoms with Crippen LogP contribution in [-0.4, -0.2) is 42.0 Å². The van der Waals surface area contributed by atoms with Crippen molar-refractivity contribution in [2.75, 3.05) is 31.3 Å². The lowest BCUT2D eigenvalue weighted by molar-refractivity contribution is -0.151. The number of rotatable bonds is 11. The average Bonchev–Trinajstić information content (AvgIpc) is 2.70. The molecule has 0 bridgehead atoms. The number of hydrogen-bond acceptors (Lipinski definition) is 8. The number of nitrogens with zero attached hydrogens (tertiary/aromatic N) is 1. The van der Waals surface area contributed by atoms with Gasteiger partial charge in [-0.25, -0.2) is 4.79 Å². The van der Waals surface area contributed by atoms with Gasteiger partial charge in [0.1, 0.15) is 5.82 Å². The summed E-state index contributed by atoms with van der Waals surface area (Å²) in [5.74, 6) is -0.796. The number of ether oxygens (including phenoxy) is 3. The quantitative estimate of drug-likeness (QED) is 0.372. The molecule has 1 aromatic carbocycles. The van der Waals surface area contributed by atoms with Crippen molar-refractivity contribution >= 4 is 17.7 Å². The molecule has 0 aliphatic carbocycles. The number of aromatic amines is 1. The van der Waals surface area contributed by atoms with Crippen molar-refractivity contribution in [3.05, 3.63) is 51.3 Å². The van der Waals surface area contributed by atoms with Crippen LogP contribution in [0.25, 0.3) is 0 Å². The van der Waals surface area contributed by atoms with E-state index in [0.29, 0.717) is 43.8 Å². The Labute approximate surface area is 175 Å². The molecule has 2 rings (SSSR count). The van der Waals surface area contributed by atoms with Crippen molar-refractivity contribution in [1.82, 2.24) is 9.97 Å². The fourth-order valence-electron chi connectivity index (χ4n) is 3.25. The molecular formula is C21H30N4O5. The maximum atomic E-state index is 12.6. The molecular weight excluding hydrogens is 388 g/mol. The van der Waals surface area contributed by atoms with Crippen LogP contribution < -0.4 is 17.0 Å². The highest BCUT2D eigenvalue weighted by Crippen LogP contribution is 2.29. The number of aromatic nitrogens is 2. The van der Waals surface area contributed by atoms with Crippen LogP contribution in [0.3, 0.4) is 0 Å². The molecule has 0 spiro atoms. The fraction of sp³-hybridized carbons (Fsp3) is 0.476. The predicted octanol–water partition coefficient (Wildman–Crippen LogP) is 2.23. The van der Waals surface area contributed by atoms with E-state index >= 15 is 0 Å². The minimum Gasteiger partial charge on any atom is -0.462 e. The van der Waals surface area contributed by atoms with Crippen LogP contribution in [0.5, 0.6) is 0 Å². The van der Waals surface area contributed by atoms with E-state index < -0.39 is 17.8 Å². The smallest absolute Gasteiger partial charge is 0.338 e. The summed E-state index contributed by atoms with van der Waals surface area (Å²) in [4.78, 5) is 30.9. The van der Waals surface area contributed by atoms with Crippen molar-refractivity contribution in [3.63, 3.8) is 0 Å². The Bertz CT molecular complexity index is 876. The number of nitrogen functional groups attached to an aromatic ring is 2. The van der Waals surface area contributed by atoms with E-state index in [-0.39, 0.29) is 17.7 Å². The van der Waals surface area contributed by atoms with Gasteiger partial charge in [0.15, 0.2) is 6.29 Å². The van der Waals surface area contributed by atoms with Gasteiger partial charge in [0.2, 0.25) is 5.95 Å². The van der Waals surface area contributed by atoms with Crippen molar-refractivity contribution < 1.29 is 19.0 Å². The van der Waals surface area contributed by atoms with Crippen LogP contribution in [0, 0.1) is 0 Å². The monoisotopic (exact) mass is 418 g/mol. The molecule has 1 atom stereocenters. The summed E-state index contributed by atoms with van der Waals surface area (Å²) >= 11 is 0. The fourth-order valence-corrected chi connectivity index (χ4v) is 3.25. The first-order chi connectivity index (χ1) is 14.4. The van der Waals surface area contributed by atoms with E-state index in [0.717, 1.165) is 5.56 Å². The highest BCUT2D eigenvalue weighted by molar-refractivity contribution is 5.89. The largest absolute Gasteiger partial charge is 0.462 e. The third-order valence-electron chi connectivity index (χ3n) is 4.57. The first kappa shape index (κ1) is 23.4. The average molecular weight is 418 g/mol. The summed E-state index contributed by atoms with van der Waals surface area (Å²) in [6, 6.07) is 7.15. The van der Waals surface area contributed by atoms with Crippen LogP contribution >= 0.6 is 0 Å². The summed E-state index contributed by atoms with van der Waals surface area (Å²) < 4.78 is 16.5. The molecule has 0 radical (unpaired) electrons. The number of benzene rings is 1. The van der Waals surface area contributed by atoms with Crippen LogP contribution in [-0.2, 0) is 20.6 Å². The van der Waals surface area contributed by atoms with Crippen LogP contribution in [0.2, 0.25) is 0 Å². The Morgan fingerprint density at radius 3 is 2.23 bits per heavy atom. The summed E-state index contributed by atoms with van der Waals surface area (Å²) in [6.07, 6.45) is 0.461. The Kier molecular flexibility index (Phi) is 8.82. The van der Waals surface area contributed by atoms with Gasteiger partial charge in [-0.2, -0.15) is 4.98 Å². The summed E-state index contributed by atoms with van der Waals surface area (Å²) in [7, 11) is 0. The molecule has 0 fully saturated rings. The van der Waals surface area contributed by atoms with E-state index in [1.807, 2.05) is 26.0 Å². The Morgan fingerprint density at radius 2 is 1.70 bits per heavy atom. The van der Waals surface area contributed by atoms with Gasteiger partial charge >= 0.3 is 5.97 Å². The molecule has 2 aromatic rings. The molecule has 0 aliphatic heterocycles. The minimum absolute atomic E-state index is 0.0427. The zero-order valence-corrected chi connectivity index (χ0v) is 17.6. The summed E-state index contributed by atoms with van der Waals surface area (Å²) in [5.41, 5.74) is 13.0. The van der Waals surface area contributed by atoms with Gasteiger partial charge in [-0.3, -0.25) is 9.78 Å². The molecule has 0 amide bonds. The lowest BCUT2D eigenvalue weighted by Crippen LogP contribution is -2.32. The predicted molar refractivity (Wildman–Crippen MR) is 114 cm³/mol. The Morgan fingerprint density at radius 1 is 1.07 bits per heavy atom. The van der Waals surface area contributed by atoms with Crippen molar-refractivity contribution in [2.45, 2.75) is 45.8 Å². The molecule has 0 saturated carbocycles. The molecule has 9 heteroatoms. The SMILES string of the molecule is CCOC(=O)c1ccc(CCC(c2c(N)nc(N)[nH]c2=O)C(OCC)OCC)cc1. The number of carbonyl (C=O) groups is 1. The van der Waals surface area contributed by atoms with Gasteiger partial charge in [0.05, 0.1) is 17.7 Å². The molecule has 1 heterocycles. The van der Waals surface area contributed by atoms with E-state index in [1.54, 1.807) is 19.1 Å². The molecule has 1 aromatic heterocycles. The highest BCUT2D eigenvalue weighted by Gasteiger charge is 2.29. The normalized spacial score (nSPS) is 12.1. The van der Waals surface area contributed by atoms with Crippen molar-refractivity contribution in [3.8, 4) is 0 Å². The van der Waals surface area contributed by atoms with Crippen LogP contribution in [0.1, 0.15) is 54.6 Å². The van der Waals surface area contributed by atoms with Gasteiger partial charge in [0, 0.05) is 19.1 Å².